The summed E-state index contributed by atoms with van der Waals surface area (Å²) in [5, 5.41) is 0.738. The van der Waals surface area contributed by atoms with Gasteiger partial charge in [-0.25, -0.2) is 0 Å². The standard InChI is InChI=1S/C14H12ClNS2/c1-16(12-5-3-2-4-6-12)14(17)18-13-9-7-11(15)8-10-13/h2-10H,1H3. The number of para-hydroxylation sites is 1. The van der Waals surface area contributed by atoms with Crippen LogP contribution in [0.1, 0.15) is 0 Å². The van der Waals surface area contributed by atoms with Crippen molar-refractivity contribution in [3.8, 4) is 0 Å². The van der Waals surface area contributed by atoms with Crippen LogP contribution in [-0.2, 0) is 0 Å². The van der Waals surface area contributed by atoms with Gasteiger partial charge in [-0.2, -0.15) is 0 Å². The summed E-state index contributed by atoms with van der Waals surface area (Å²) in [6.07, 6.45) is 0. The molecule has 0 amide bonds. The van der Waals surface area contributed by atoms with E-state index in [4.69, 9.17) is 23.8 Å². The first-order chi connectivity index (χ1) is 8.66. The van der Waals surface area contributed by atoms with E-state index in [1.807, 2.05) is 66.5 Å². The molecule has 0 N–H and O–H groups in total. The van der Waals surface area contributed by atoms with Crippen molar-refractivity contribution >= 4 is 45.6 Å². The van der Waals surface area contributed by atoms with Crippen LogP contribution in [0.2, 0.25) is 5.02 Å². The molecule has 0 unspecified atom stereocenters. The highest BCUT2D eigenvalue weighted by atomic mass is 35.5. The molecule has 0 bridgehead atoms. The SMILES string of the molecule is CN(C(=S)Sc1ccc(Cl)cc1)c1ccccc1. The van der Waals surface area contributed by atoms with Gasteiger partial charge in [0.2, 0.25) is 0 Å². The van der Waals surface area contributed by atoms with E-state index < -0.39 is 0 Å². The van der Waals surface area contributed by atoms with Crippen LogP contribution in [0.4, 0.5) is 5.69 Å². The number of benzene rings is 2. The summed E-state index contributed by atoms with van der Waals surface area (Å²) in [6.45, 7) is 0. The Bertz CT molecular complexity index is 525. The van der Waals surface area contributed by atoms with E-state index in [1.165, 1.54) is 0 Å². The number of hydrogen-bond donors (Lipinski definition) is 0. The molecule has 0 saturated heterocycles. The molecule has 0 fully saturated rings. The summed E-state index contributed by atoms with van der Waals surface area (Å²) in [5.74, 6) is 0. The molecular formula is C14H12ClNS2. The Morgan fingerprint density at radius 2 is 1.67 bits per heavy atom. The number of rotatable bonds is 2. The number of hydrogen-bond acceptors (Lipinski definition) is 2. The zero-order valence-corrected chi connectivity index (χ0v) is 12.2. The summed E-state index contributed by atoms with van der Waals surface area (Å²) >= 11 is 12.8. The first-order valence-electron chi connectivity index (χ1n) is 5.43. The van der Waals surface area contributed by atoms with Crippen molar-refractivity contribution in [2.24, 2.45) is 0 Å². The minimum Gasteiger partial charge on any atom is -0.330 e. The minimum atomic E-state index is 0.738. The molecule has 2 rings (SSSR count). The lowest BCUT2D eigenvalue weighted by Crippen LogP contribution is -2.21. The van der Waals surface area contributed by atoms with Crippen molar-refractivity contribution in [3.63, 3.8) is 0 Å². The van der Waals surface area contributed by atoms with Crippen molar-refractivity contribution in [3.05, 3.63) is 59.6 Å². The molecule has 92 valence electrons. The first kappa shape index (κ1) is 13.4. The second kappa shape index (κ2) is 6.23. The molecule has 0 aromatic heterocycles. The zero-order chi connectivity index (χ0) is 13.0. The van der Waals surface area contributed by atoms with Gasteiger partial charge in [-0.05, 0) is 36.4 Å². The van der Waals surface area contributed by atoms with Gasteiger partial charge in [0.25, 0.3) is 0 Å². The second-order valence-electron chi connectivity index (χ2n) is 3.72. The smallest absolute Gasteiger partial charge is 0.145 e. The molecule has 0 atom stereocenters. The Morgan fingerprint density at radius 3 is 2.28 bits per heavy atom. The number of thioether (sulfide) groups is 1. The van der Waals surface area contributed by atoms with Gasteiger partial charge in [-0.3, -0.25) is 0 Å². The molecule has 0 radical (unpaired) electrons. The van der Waals surface area contributed by atoms with Gasteiger partial charge in [0.05, 0.1) is 0 Å². The van der Waals surface area contributed by atoms with E-state index in [-0.39, 0.29) is 0 Å². The molecule has 0 aliphatic heterocycles. The summed E-state index contributed by atoms with van der Waals surface area (Å²) in [4.78, 5) is 3.08. The van der Waals surface area contributed by atoms with Crippen molar-refractivity contribution in [1.29, 1.82) is 0 Å². The Morgan fingerprint density at radius 1 is 1.06 bits per heavy atom. The van der Waals surface area contributed by atoms with Crippen molar-refractivity contribution in [2.45, 2.75) is 4.90 Å². The predicted molar refractivity (Wildman–Crippen MR) is 84.8 cm³/mol. The van der Waals surface area contributed by atoms with Crippen molar-refractivity contribution < 1.29 is 0 Å². The third-order valence-electron chi connectivity index (χ3n) is 2.44. The van der Waals surface area contributed by atoms with Crippen LogP contribution < -0.4 is 4.90 Å². The number of nitrogens with zero attached hydrogens (tertiary/aromatic N) is 1. The van der Waals surface area contributed by atoms with Gasteiger partial charge in [0.1, 0.15) is 4.32 Å². The molecule has 2 aromatic rings. The average molecular weight is 294 g/mol. The topological polar surface area (TPSA) is 3.24 Å². The summed E-state index contributed by atoms with van der Waals surface area (Å²) in [7, 11) is 1.97. The Hall–Kier alpha value is -1.03. The quantitative estimate of drug-likeness (QED) is 0.575. The van der Waals surface area contributed by atoms with Crippen LogP contribution in [-0.4, -0.2) is 11.4 Å². The maximum atomic E-state index is 5.85. The van der Waals surface area contributed by atoms with Crippen molar-refractivity contribution in [1.82, 2.24) is 0 Å². The van der Waals surface area contributed by atoms with Crippen molar-refractivity contribution in [2.75, 3.05) is 11.9 Å². The summed E-state index contributed by atoms with van der Waals surface area (Å²) in [6, 6.07) is 17.7. The highest BCUT2D eigenvalue weighted by Crippen LogP contribution is 2.25. The van der Waals surface area contributed by atoms with E-state index in [0.717, 1.165) is 19.9 Å². The highest BCUT2D eigenvalue weighted by Gasteiger charge is 2.08. The van der Waals surface area contributed by atoms with Gasteiger partial charge in [0.15, 0.2) is 0 Å². The fourth-order valence-electron chi connectivity index (χ4n) is 1.43. The van der Waals surface area contributed by atoms with E-state index in [2.05, 4.69) is 0 Å². The third-order valence-corrected chi connectivity index (χ3v) is 4.17. The maximum Gasteiger partial charge on any atom is 0.145 e. The Kier molecular flexibility index (Phi) is 4.64. The van der Waals surface area contributed by atoms with E-state index >= 15 is 0 Å². The summed E-state index contributed by atoms with van der Waals surface area (Å²) in [5.41, 5.74) is 1.09. The largest absolute Gasteiger partial charge is 0.330 e. The molecule has 0 saturated carbocycles. The van der Waals surface area contributed by atoms with Gasteiger partial charge in [0, 0.05) is 22.7 Å². The van der Waals surface area contributed by atoms with Gasteiger partial charge < -0.3 is 4.90 Å². The Balaban J connectivity index is 2.06. The molecular weight excluding hydrogens is 282 g/mol. The number of halogens is 1. The van der Waals surface area contributed by atoms with Crippen LogP contribution >= 0.6 is 35.6 Å². The van der Waals surface area contributed by atoms with E-state index in [0.29, 0.717) is 0 Å². The lowest BCUT2D eigenvalue weighted by molar-refractivity contribution is 1.31. The third kappa shape index (κ3) is 3.48. The lowest BCUT2D eigenvalue weighted by atomic mass is 10.3. The maximum absolute atomic E-state index is 5.85. The lowest BCUT2D eigenvalue weighted by Gasteiger charge is -2.19. The van der Waals surface area contributed by atoms with Gasteiger partial charge in [-0.1, -0.05) is 53.8 Å². The Labute approximate surface area is 122 Å². The zero-order valence-electron chi connectivity index (χ0n) is 9.84. The highest BCUT2D eigenvalue weighted by molar-refractivity contribution is 8.23. The fourth-order valence-corrected chi connectivity index (χ4v) is 2.67. The number of anilines is 1. The number of thiocarbonyl (C=S) groups is 1. The van der Waals surface area contributed by atoms with Gasteiger partial charge >= 0.3 is 0 Å². The monoisotopic (exact) mass is 293 g/mol. The van der Waals surface area contributed by atoms with Gasteiger partial charge in [-0.15, -0.1) is 0 Å². The molecule has 0 spiro atoms. The fraction of sp³-hybridized carbons (Fsp3) is 0.0714. The van der Waals surface area contributed by atoms with Crippen LogP contribution in [0.5, 0.6) is 0 Å². The normalized spacial score (nSPS) is 10.1. The summed E-state index contributed by atoms with van der Waals surface area (Å²) < 4.78 is 0.809. The predicted octanol–water partition coefficient (Wildman–Crippen LogP) is 4.85. The second-order valence-corrected chi connectivity index (χ2v) is 5.86. The van der Waals surface area contributed by atoms with E-state index in [9.17, 15) is 0 Å². The molecule has 18 heavy (non-hydrogen) atoms. The van der Waals surface area contributed by atoms with Crippen LogP contribution in [0, 0.1) is 0 Å². The minimum absolute atomic E-state index is 0.738. The van der Waals surface area contributed by atoms with E-state index in [1.54, 1.807) is 11.8 Å². The molecule has 0 heterocycles. The molecule has 0 aliphatic carbocycles. The molecule has 2 aromatic carbocycles. The van der Waals surface area contributed by atoms with Crippen LogP contribution in [0.3, 0.4) is 0 Å². The van der Waals surface area contributed by atoms with Crippen LogP contribution in [0.25, 0.3) is 0 Å². The molecule has 4 heteroatoms. The van der Waals surface area contributed by atoms with Crippen LogP contribution in [0.15, 0.2) is 59.5 Å². The molecule has 0 aliphatic rings. The molecule has 1 nitrogen and oxygen atoms in total. The average Bonchev–Trinajstić information content (AvgIpc) is 2.41. The first-order valence-corrected chi connectivity index (χ1v) is 7.03.